The van der Waals surface area contributed by atoms with E-state index in [2.05, 4.69) is 42.5 Å². The summed E-state index contributed by atoms with van der Waals surface area (Å²) in [5, 5.41) is 0. The number of hydrogen-bond acceptors (Lipinski definition) is 1. The van der Waals surface area contributed by atoms with E-state index >= 15 is 0 Å². The molecule has 0 aliphatic heterocycles. The highest BCUT2D eigenvalue weighted by atomic mass is 19.2. The van der Waals surface area contributed by atoms with Gasteiger partial charge in [0.25, 0.3) is 0 Å². The average Bonchev–Trinajstić information content (AvgIpc) is 2.73. The van der Waals surface area contributed by atoms with Crippen molar-refractivity contribution in [3.05, 3.63) is 83.0 Å². The van der Waals surface area contributed by atoms with Crippen molar-refractivity contribution in [2.75, 3.05) is 6.61 Å². The predicted molar refractivity (Wildman–Crippen MR) is 112 cm³/mol. The van der Waals surface area contributed by atoms with E-state index in [1.165, 1.54) is 17.2 Å². The second-order valence-electron chi connectivity index (χ2n) is 7.22. The van der Waals surface area contributed by atoms with Gasteiger partial charge in [0, 0.05) is 5.56 Å². The van der Waals surface area contributed by atoms with Gasteiger partial charge in [-0.3, -0.25) is 0 Å². The fourth-order valence-electron chi connectivity index (χ4n) is 3.80. The number of allylic oxidation sites excluding steroid dienone is 4. The molecule has 1 unspecified atom stereocenters. The minimum absolute atomic E-state index is 0.0208. The third-order valence-corrected chi connectivity index (χ3v) is 5.39. The smallest absolute Gasteiger partial charge is 0.201 e. The number of rotatable bonds is 7. The molecular weight excluding hydrogens is 354 g/mol. The third kappa shape index (κ3) is 4.70. The predicted octanol–water partition coefficient (Wildman–Crippen LogP) is 7.22. The van der Waals surface area contributed by atoms with Gasteiger partial charge in [0.2, 0.25) is 5.82 Å². The molecule has 0 radical (unpaired) electrons. The van der Waals surface area contributed by atoms with Crippen molar-refractivity contribution in [2.24, 2.45) is 0 Å². The molecule has 1 aliphatic carbocycles. The molecule has 1 aliphatic rings. The van der Waals surface area contributed by atoms with Crippen LogP contribution in [0, 0.1) is 11.6 Å². The van der Waals surface area contributed by atoms with Crippen LogP contribution in [0.3, 0.4) is 0 Å². The maximum Gasteiger partial charge on any atom is 0.201 e. The van der Waals surface area contributed by atoms with Crippen LogP contribution in [-0.2, 0) is 6.42 Å². The van der Waals surface area contributed by atoms with Crippen LogP contribution < -0.4 is 4.74 Å². The fourth-order valence-corrected chi connectivity index (χ4v) is 3.80. The third-order valence-electron chi connectivity index (χ3n) is 5.39. The van der Waals surface area contributed by atoms with Crippen molar-refractivity contribution < 1.29 is 13.5 Å². The Hall–Kier alpha value is -2.42. The summed E-state index contributed by atoms with van der Waals surface area (Å²) in [6.45, 7) is 4.11. The molecule has 1 nitrogen and oxygen atoms in total. The van der Waals surface area contributed by atoms with Crippen molar-refractivity contribution in [3.63, 3.8) is 0 Å². The molecular formula is C25H28F2O. The molecule has 2 aromatic rings. The number of halogens is 2. The second-order valence-corrected chi connectivity index (χ2v) is 7.22. The first kappa shape index (κ1) is 20.3. The summed E-state index contributed by atoms with van der Waals surface area (Å²) in [5.74, 6) is -1.28. The molecule has 148 valence electrons. The Morgan fingerprint density at radius 3 is 2.50 bits per heavy atom. The Morgan fingerprint density at radius 2 is 1.86 bits per heavy atom. The van der Waals surface area contributed by atoms with Gasteiger partial charge in [0.05, 0.1) is 6.61 Å². The van der Waals surface area contributed by atoms with E-state index in [0.29, 0.717) is 18.1 Å². The van der Waals surface area contributed by atoms with Gasteiger partial charge < -0.3 is 4.74 Å². The minimum Gasteiger partial charge on any atom is -0.491 e. The van der Waals surface area contributed by atoms with E-state index in [0.717, 1.165) is 37.7 Å². The van der Waals surface area contributed by atoms with Gasteiger partial charge in [-0.25, -0.2) is 4.39 Å². The molecule has 0 aromatic heterocycles. The maximum atomic E-state index is 14.5. The summed E-state index contributed by atoms with van der Waals surface area (Å²) in [4.78, 5) is 0. The van der Waals surface area contributed by atoms with Crippen LogP contribution in [0.15, 0.2) is 54.6 Å². The topological polar surface area (TPSA) is 9.23 Å². The van der Waals surface area contributed by atoms with Crippen LogP contribution in [0.5, 0.6) is 5.75 Å². The zero-order valence-electron chi connectivity index (χ0n) is 16.7. The van der Waals surface area contributed by atoms with Crippen LogP contribution in [0.4, 0.5) is 8.78 Å². The standard InChI is InChI=1S/C25H28F2O/c1-3-5-6-7-18-8-10-19(11-9-18)20-12-14-21(15-13-20)22-16-17-23(28-4-2)25(27)24(22)26/h3,5,8-11,14,16-17,20H,4,6-7,12-13,15H2,1-2H3. The number of benzene rings is 2. The van der Waals surface area contributed by atoms with Crippen molar-refractivity contribution >= 4 is 5.57 Å². The minimum atomic E-state index is -0.893. The molecule has 0 saturated carbocycles. The number of hydrogen-bond donors (Lipinski definition) is 0. The van der Waals surface area contributed by atoms with Gasteiger partial charge in [-0.1, -0.05) is 42.5 Å². The Labute approximate surface area is 166 Å². The largest absolute Gasteiger partial charge is 0.491 e. The first-order valence-corrected chi connectivity index (χ1v) is 10.1. The molecule has 0 amide bonds. The summed E-state index contributed by atoms with van der Waals surface area (Å²) in [7, 11) is 0. The van der Waals surface area contributed by atoms with Crippen LogP contribution in [0.1, 0.15) is 62.1 Å². The zero-order chi connectivity index (χ0) is 19.9. The highest BCUT2D eigenvalue weighted by Crippen LogP contribution is 2.38. The summed E-state index contributed by atoms with van der Waals surface area (Å²) in [5.41, 5.74) is 3.92. The Balaban J connectivity index is 1.68. The van der Waals surface area contributed by atoms with E-state index in [-0.39, 0.29) is 5.75 Å². The van der Waals surface area contributed by atoms with Gasteiger partial charge in [-0.05, 0) is 80.7 Å². The first-order chi connectivity index (χ1) is 13.6. The van der Waals surface area contributed by atoms with E-state index in [1.807, 2.05) is 6.92 Å². The lowest BCUT2D eigenvalue weighted by atomic mass is 9.82. The molecule has 0 saturated heterocycles. The molecule has 0 spiro atoms. The van der Waals surface area contributed by atoms with Gasteiger partial charge >= 0.3 is 0 Å². The quantitative estimate of drug-likeness (QED) is 0.459. The molecule has 0 N–H and O–H groups in total. The van der Waals surface area contributed by atoms with Crippen molar-refractivity contribution in [2.45, 2.75) is 51.9 Å². The van der Waals surface area contributed by atoms with Gasteiger partial charge in [0.1, 0.15) is 0 Å². The Morgan fingerprint density at radius 1 is 1.07 bits per heavy atom. The summed E-state index contributed by atoms with van der Waals surface area (Å²) in [6, 6.07) is 12.0. The molecule has 0 fully saturated rings. The SMILES string of the molecule is CC=CCCc1ccc(C2CC=C(c3ccc(OCC)c(F)c3F)CC2)cc1. The second kappa shape index (κ2) is 9.68. The number of aryl methyl sites for hydroxylation is 1. The Bertz CT molecular complexity index is 850. The highest BCUT2D eigenvalue weighted by Gasteiger charge is 2.21. The van der Waals surface area contributed by atoms with Crippen LogP contribution >= 0.6 is 0 Å². The fraction of sp³-hybridized carbons (Fsp3) is 0.360. The molecule has 3 rings (SSSR count). The van der Waals surface area contributed by atoms with Crippen LogP contribution in [0.2, 0.25) is 0 Å². The molecule has 0 bridgehead atoms. The van der Waals surface area contributed by atoms with Crippen molar-refractivity contribution in [1.29, 1.82) is 0 Å². The molecule has 28 heavy (non-hydrogen) atoms. The van der Waals surface area contributed by atoms with E-state index in [9.17, 15) is 8.78 Å². The van der Waals surface area contributed by atoms with Crippen LogP contribution in [-0.4, -0.2) is 6.61 Å². The Kier molecular flexibility index (Phi) is 7.02. The first-order valence-electron chi connectivity index (χ1n) is 10.1. The van der Waals surface area contributed by atoms with Gasteiger partial charge in [0.15, 0.2) is 11.6 Å². The van der Waals surface area contributed by atoms with E-state index in [4.69, 9.17) is 4.74 Å². The number of ether oxygens (including phenoxy) is 1. The maximum absolute atomic E-state index is 14.5. The van der Waals surface area contributed by atoms with Crippen molar-refractivity contribution in [1.82, 2.24) is 0 Å². The van der Waals surface area contributed by atoms with Crippen LogP contribution in [0.25, 0.3) is 5.57 Å². The monoisotopic (exact) mass is 382 g/mol. The molecule has 2 aromatic carbocycles. The van der Waals surface area contributed by atoms with Gasteiger partial charge in [-0.2, -0.15) is 4.39 Å². The summed E-state index contributed by atoms with van der Waals surface area (Å²) in [6.07, 6.45) is 11.0. The summed E-state index contributed by atoms with van der Waals surface area (Å²) < 4.78 is 33.8. The molecule has 3 heteroatoms. The normalized spacial score (nSPS) is 17.0. The van der Waals surface area contributed by atoms with Crippen molar-refractivity contribution in [3.8, 4) is 5.75 Å². The lowest BCUT2D eigenvalue weighted by Crippen LogP contribution is -2.06. The lowest BCUT2D eigenvalue weighted by molar-refractivity contribution is 0.314. The average molecular weight is 382 g/mol. The highest BCUT2D eigenvalue weighted by molar-refractivity contribution is 5.68. The van der Waals surface area contributed by atoms with E-state index in [1.54, 1.807) is 13.0 Å². The molecule has 0 heterocycles. The summed E-state index contributed by atoms with van der Waals surface area (Å²) >= 11 is 0. The van der Waals surface area contributed by atoms with E-state index < -0.39 is 11.6 Å². The lowest BCUT2D eigenvalue weighted by Gasteiger charge is -2.23. The zero-order valence-corrected chi connectivity index (χ0v) is 16.7. The van der Waals surface area contributed by atoms with Gasteiger partial charge in [-0.15, -0.1) is 0 Å². The molecule has 1 atom stereocenters.